The lowest BCUT2D eigenvalue weighted by Crippen LogP contribution is -2.55. The average Bonchev–Trinajstić information content (AvgIpc) is 3.25. The van der Waals surface area contributed by atoms with Gasteiger partial charge in [0.2, 0.25) is 11.8 Å². The number of carbonyl (C=O) groups is 3. The van der Waals surface area contributed by atoms with Gasteiger partial charge >= 0.3 is 5.97 Å². The third-order valence-corrected chi connectivity index (χ3v) is 6.47. The van der Waals surface area contributed by atoms with Crippen molar-refractivity contribution in [2.24, 2.45) is 23.7 Å². The van der Waals surface area contributed by atoms with Gasteiger partial charge in [0.1, 0.15) is 12.1 Å². The van der Waals surface area contributed by atoms with Crippen LogP contribution in [0.3, 0.4) is 0 Å². The van der Waals surface area contributed by atoms with Gasteiger partial charge in [-0.15, -0.1) is 0 Å². The average molecular weight is 477 g/mol. The van der Waals surface area contributed by atoms with Gasteiger partial charge in [-0.1, -0.05) is 39.3 Å². The number of rotatable bonds is 10. The molecule has 9 heteroatoms. The minimum Gasteiger partial charge on any atom is -0.467 e. The Kier molecular flexibility index (Phi) is 10.3. The summed E-state index contributed by atoms with van der Waals surface area (Å²) in [5.74, 6) is -1.97. The number of ether oxygens (including phenoxy) is 1. The van der Waals surface area contributed by atoms with E-state index < -0.39 is 30.1 Å². The van der Waals surface area contributed by atoms with Crippen molar-refractivity contribution in [2.45, 2.75) is 78.5 Å². The molecule has 0 saturated carbocycles. The Bertz CT molecular complexity index is 849. The van der Waals surface area contributed by atoms with Crippen LogP contribution in [0.2, 0.25) is 0 Å². The second kappa shape index (κ2) is 12.7. The predicted molar refractivity (Wildman–Crippen MR) is 128 cm³/mol. The molecule has 1 aliphatic rings. The number of hydrogen-bond acceptors (Lipinski definition) is 6. The lowest BCUT2D eigenvalue weighted by Gasteiger charge is -2.28. The van der Waals surface area contributed by atoms with Crippen LogP contribution in [0.1, 0.15) is 59.6 Å². The number of amides is 2. The highest BCUT2D eigenvalue weighted by molar-refractivity contribution is 5.91. The van der Waals surface area contributed by atoms with Crippen molar-refractivity contribution in [1.29, 1.82) is 0 Å². The molecule has 0 bridgehead atoms. The molecule has 1 aromatic rings. The Morgan fingerprint density at radius 3 is 2.41 bits per heavy atom. The molecule has 9 nitrogen and oxygen atoms in total. The van der Waals surface area contributed by atoms with E-state index in [4.69, 9.17) is 4.74 Å². The summed E-state index contributed by atoms with van der Waals surface area (Å²) in [6, 6.07) is -1.60. The fourth-order valence-electron chi connectivity index (χ4n) is 4.41. The number of aromatic nitrogens is 2. The molecule has 0 spiro atoms. The van der Waals surface area contributed by atoms with E-state index >= 15 is 0 Å². The maximum Gasteiger partial charge on any atom is 0.328 e. The summed E-state index contributed by atoms with van der Waals surface area (Å²) in [4.78, 5) is 45.1. The summed E-state index contributed by atoms with van der Waals surface area (Å²) in [6.07, 6.45) is 6.97. The van der Waals surface area contributed by atoms with Gasteiger partial charge in [0, 0.05) is 24.2 Å². The molecule has 0 saturated heterocycles. The van der Waals surface area contributed by atoms with Gasteiger partial charge < -0.3 is 25.5 Å². The van der Waals surface area contributed by atoms with E-state index in [2.05, 4.69) is 26.7 Å². The normalized spacial score (nSPS) is 22.5. The van der Waals surface area contributed by atoms with E-state index in [1.54, 1.807) is 12.5 Å². The minimum absolute atomic E-state index is 0.114. The van der Waals surface area contributed by atoms with Crippen molar-refractivity contribution in [1.82, 2.24) is 20.6 Å². The van der Waals surface area contributed by atoms with Crippen molar-refractivity contribution < 1.29 is 24.2 Å². The highest BCUT2D eigenvalue weighted by Crippen LogP contribution is 2.31. The van der Waals surface area contributed by atoms with Crippen molar-refractivity contribution >= 4 is 17.8 Å². The van der Waals surface area contributed by atoms with E-state index in [0.29, 0.717) is 12.8 Å². The number of carbonyl (C=O) groups excluding carboxylic acids is 3. The molecule has 4 N–H and O–H groups in total. The number of nitrogens with one attached hydrogen (secondary N) is 3. The van der Waals surface area contributed by atoms with Crippen LogP contribution in [-0.4, -0.2) is 58.2 Å². The number of esters is 1. The van der Waals surface area contributed by atoms with Gasteiger partial charge in [0.05, 0.1) is 19.5 Å². The fourth-order valence-corrected chi connectivity index (χ4v) is 4.41. The van der Waals surface area contributed by atoms with E-state index in [9.17, 15) is 19.5 Å². The molecule has 5 atom stereocenters. The molecule has 2 amide bonds. The van der Waals surface area contributed by atoms with Crippen LogP contribution in [0.15, 0.2) is 24.2 Å². The van der Waals surface area contributed by atoms with Crippen molar-refractivity contribution in [2.75, 3.05) is 7.11 Å². The number of allylic oxidation sites excluding steroid dienone is 1. The maximum absolute atomic E-state index is 13.0. The number of methoxy groups -OCH3 is 1. The molecule has 190 valence electrons. The predicted octanol–water partition coefficient (Wildman–Crippen LogP) is 2.13. The Morgan fingerprint density at radius 2 is 1.85 bits per heavy atom. The summed E-state index contributed by atoms with van der Waals surface area (Å²) in [7, 11) is 1.28. The summed E-state index contributed by atoms with van der Waals surface area (Å²) in [6.45, 7) is 9.34. The first kappa shape index (κ1) is 27.6. The van der Waals surface area contributed by atoms with Crippen LogP contribution in [-0.2, 0) is 25.5 Å². The number of aliphatic hydroxyl groups is 1. The van der Waals surface area contributed by atoms with E-state index in [0.717, 1.165) is 12.1 Å². The van der Waals surface area contributed by atoms with E-state index in [1.807, 2.05) is 34.6 Å². The molecular formula is C25H40N4O5. The molecule has 1 aliphatic carbocycles. The monoisotopic (exact) mass is 476 g/mol. The van der Waals surface area contributed by atoms with Crippen LogP contribution >= 0.6 is 0 Å². The topological polar surface area (TPSA) is 133 Å². The third-order valence-electron chi connectivity index (χ3n) is 6.47. The second-order valence-electron chi connectivity index (χ2n) is 9.99. The molecule has 1 aromatic heterocycles. The first-order chi connectivity index (χ1) is 16.0. The first-order valence-electron chi connectivity index (χ1n) is 12.0. The van der Waals surface area contributed by atoms with E-state index in [-0.39, 0.29) is 36.0 Å². The van der Waals surface area contributed by atoms with Crippen molar-refractivity contribution in [3.8, 4) is 0 Å². The van der Waals surface area contributed by atoms with Gasteiger partial charge in [-0.05, 0) is 43.9 Å². The molecule has 2 rings (SSSR count). The standard InChI is InChI=1S/C25H40N4O5/c1-14(2)21(24(32)29-22(15(3)4)25(33)34-6)28-20(30)11-17-8-7-16(5)9-18(23(17)31)10-19-12-26-13-27-19/h9,12-15,17-18,21-23,31H,7-8,10-11H2,1-6H3,(H,26,27)(H,28,30)(H,29,32)/t17?,18?,21-,22-,23?/m0/s1. The number of aromatic amines is 1. The van der Waals surface area contributed by atoms with Gasteiger partial charge in [0.15, 0.2) is 0 Å². The maximum atomic E-state index is 13.0. The van der Waals surface area contributed by atoms with E-state index in [1.165, 1.54) is 12.7 Å². The second-order valence-corrected chi connectivity index (χ2v) is 9.99. The summed E-state index contributed by atoms with van der Waals surface area (Å²) >= 11 is 0. The quantitative estimate of drug-likeness (QED) is 0.302. The van der Waals surface area contributed by atoms with Gasteiger partial charge in [0.25, 0.3) is 0 Å². The van der Waals surface area contributed by atoms with Crippen LogP contribution in [0.4, 0.5) is 0 Å². The highest BCUT2D eigenvalue weighted by Gasteiger charge is 2.34. The van der Waals surface area contributed by atoms with Crippen LogP contribution in [0, 0.1) is 23.7 Å². The molecule has 34 heavy (non-hydrogen) atoms. The third kappa shape index (κ3) is 7.68. The molecule has 0 radical (unpaired) electrons. The Hall–Kier alpha value is -2.68. The fraction of sp³-hybridized carbons (Fsp3) is 0.680. The van der Waals surface area contributed by atoms with Crippen molar-refractivity contribution in [3.63, 3.8) is 0 Å². The molecular weight excluding hydrogens is 436 g/mol. The molecule has 0 aliphatic heterocycles. The van der Waals surface area contributed by atoms with Crippen molar-refractivity contribution in [3.05, 3.63) is 29.9 Å². The number of nitrogens with zero attached hydrogens (tertiary/aromatic N) is 1. The largest absolute Gasteiger partial charge is 0.467 e. The Morgan fingerprint density at radius 1 is 1.18 bits per heavy atom. The van der Waals surface area contributed by atoms with Gasteiger partial charge in [-0.3, -0.25) is 9.59 Å². The number of H-pyrrole nitrogens is 1. The van der Waals surface area contributed by atoms with Gasteiger partial charge in [-0.25, -0.2) is 9.78 Å². The van der Waals surface area contributed by atoms with Crippen LogP contribution < -0.4 is 10.6 Å². The minimum atomic E-state index is -0.804. The number of imidazole rings is 1. The molecule has 1 heterocycles. The van der Waals surface area contributed by atoms with Gasteiger partial charge in [-0.2, -0.15) is 0 Å². The molecule has 3 unspecified atom stereocenters. The SMILES string of the molecule is COC(=O)[C@@H](NC(=O)[C@@H](NC(=O)CC1CCC(C)=CC(Cc2cnc[nH]2)C1O)C(C)C)C(C)C. The molecule has 0 aromatic carbocycles. The summed E-state index contributed by atoms with van der Waals surface area (Å²) < 4.78 is 4.80. The number of aliphatic hydroxyl groups excluding tert-OH is 1. The smallest absolute Gasteiger partial charge is 0.328 e. The summed E-state index contributed by atoms with van der Waals surface area (Å²) in [5, 5.41) is 16.7. The van der Waals surface area contributed by atoms with Crippen LogP contribution in [0.25, 0.3) is 0 Å². The van der Waals surface area contributed by atoms with Crippen LogP contribution in [0.5, 0.6) is 0 Å². The summed E-state index contributed by atoms with van der Waals surface area (Å²) in [5.41, 5.74) is 2.12. The molecule has 0 fully saturated rings. The zero-order valence-corrected chi connectivity index (χ0v) is 21.1. The zero-order valence-electron chi connectivity index (χ0n) is 21.1. The highest BCUT2D eigenvalue weighted by atomic mass is 16.5. The first-order valence-corrected chi connectivity index (χ1v) is 12.0. The number of hydrogen-bond donors (Lipinski definition) is 4. The lowest BCUT2D eigenvalue weighted by molar-refractivity contribution is -0.146. The zero-order chi connectivity index (χ0) is 25.4. The lowest BCUT2D eigenvalue weighted by atomic mass is 9.85. The Balaban J connectivity index is 2.05. The Labute approximate surface area is 202 Å².